The van der Waals surface area contributed by atoms with Gasteiger partial charge in [-0.25, -0.2) is 0 Å². The Kier molecular flexibility index (Phi) is 36.0. The molecule has 0 N–H and O–H groups in total. The lowest BCUT2D eigenvalue weighted by Crippen LogP contribution is -2.30. The maximum absolute atomic E-state index is 12.7. The van der Waals surface area contributed by atoms with Crippen molar-refractivity contribution in [3.63, 3.8) is 0 Å². The van der Waals surface area contributed by atoms with Gasteiger partial charge in [-0.3, -0.25) is 14.4 Å². The number of ether oxygens (including phenoxy) is 3. The van der Waals surface area contributed by atoms with Gasteiger partial charge in [0.2, 0.25) is 0 Å². The highest BCUT2D eigenvalue weighted by Gasteiger charge is 2.19. The number of hydrogen-bond donors (Lipinski definition) is 0. The molecule has 0 rings (SSSR count). The van der Waals surface area contributed by atoms with Gasteiger partial charge in [-0.15, -0.1) is 0 Å². The molecule has 0 aromatic heterocycles. The smallest absolute Gasteiger partial charge is 0.306 e. The Hall–Kier alpha value is -1.59. The highest BCUT2D eigenvalue weighted by molar-refractivity contribution is 5.71. The van der Waals surface area contributed by atoms with Gasteiger partial charge in [0.1, 0.15) is 13.2 Å². The van der Waals surface area contributed by atoms with E-state index in [0.717, 1.165) is 69.6 Å². The van der Waals surface area contributed by atoms with Crippen LogP contribution < -0.4 is 0 Å². The van der Waals surface area contributed by atoms with Gasteiger partial charge in [-0.2, -0.15) is 0 Å². The highest BCUT2D eigenvalue weighted by Crippen LogP contribution is 2.16. The zero-order valence-corrected chi connectivity index (χ0v) is 34.0. The molecule has 6 nitrogen and oxygen atoms in total. The summed E-state index contributed by atoms with van der Waals surface area (Å²) in [5.41, 5.74) is 0. The van der Waals surface area contributed by atoms with Gasteiger partial charge in [-0.1, -0.05) is 195 Å². The molecule has 0 unspecified atom stereocenters. The van der Waals surface area contributed by atoms with Crippen LogP contribution in [0.2, 0.25) is 0 Å². The summed E-state index contributed by atoms with van der Waals surface area (Å²) in [4.78, 5) is 37.6. The van der Waals surface area contributed by atoms with Crippen LogP contribution in [0.1, 0.15) is 234 Å². The number of esters is 3. The van der Waals surface area contributed by atoms with Crippen LogP contribution in [0.25, 0.3) is 0 Å². The lowest BCUT2D eigenvalue weighted by atomic mass is 10.0. The zero-order valence-electron chi connectivity index (χ0n) is 34.0. The Labute approximate surface area is 310 Å². The van der Waals surface area contributed by atoms with Crippen LogP contribution in [0, 0.1) is 11.8 Å². The molecule has 6 heteroatoms. The largest absolute Gasteiger partial charge is 0.462 e. The fourth-order valence-electron chi connectivity index (χ4n) is 6.40. The van der Waals surface area contributed by atoms with E-state index < -0.39 is 6.10 Å². The number of carbonyl (C=O) groups excluding carboxylic acids is 3. The summed E-state index contributed by atoms with van der Waals surface area (Å²) in [7, 11) is 0. The topological polar surface area (TPSA) is 78.9 Å². The maximum atomic E-state index is 12.7. The third-order valence-corrected chi connectivity index (χ3v) is 9.72. The third-order valence-electron chi connectivity index (χ3n) is 9.72. The lowest BCUT2D eigenvalue weighted by molar-refractivity contribution is -0.167. The summed E-state index contributed by atoms with van der Waals surface area (Å²) in [5, 5.41) is 0. The second kappa shape index (κ2) is 37.2. The van der Waals surface area contributed by atoms with Crippen molar-refractivity contribution >= 4 is 17.9 Å². The molecule has 0 fully saturated rings. The van der Waals surface area contributed by atoms with E-state index in [4.69, 9.17) is 14.2 Å². The van der Waals surface area contributed by atoms with Gasteiger partial charge in [0.25, 0.3) is 0 Å². The first kappa shape index (κ1) is 48.4. The number of unbranched alkanes of at least 4 members (excludes halogenated alkanes) is 23. The molecular formula is C44H84O6. The van der Waals surface area contributed by atoms with E-state index in [9.17, 15) is 14.4 Å². The lowest BCUT2D eigenvalue weighted by Gasteiger charge is -2.18. The maximum Gasteiger partial charge on any atom is 0.306 e. The summed E-state index contributed by atoms with van der Waals surface area (Å²) >= 11 is 0. The Morgan fingerprint density at radius 3 is 0.980 bits per heavy atom. The molecule has 0 spiro atoms. The van der Waals surface area contributed by atoms with Crippen LogP contribution >= 0.6 is 0 Å². The van der Waals surface area contributed by atoms with E-state index in [1.54, 1.807) is 0 Å². The van der Waals surface area contributed by atoms with Gasteiger partial charge in [-0.05, 0) is 31.1 Å². The van der Waals surface area contributed by atoms with E-state index >= 15 is 0 Å². The van der Waals surface area contributed by atoms with Crippen molar-refractivity contribution in [1.29, 1.82) is 0 Å². The molecule has 0 aliphatic heterocycles. The molecule has 0 aliphatic carbocycles. The minimum atomic E-state index is -0.760. The minimum absolute atomic E-state index is 0.0659. The summed E-state index contributed by atoms with van der Waals surface area (Å²) < 4.78 is 16.7. The summed E-state index contributed by atoms with van der Waals surface area (Å²) in [6.07, 6.45) is 33.8. The summed E-state index contributed by atoms with van der Waals surface area (Å²) in [6, 6.07) is 0. The fraction of sp³-hybridized carbons (Fsp3) is 0.932. The van der Waals surface area contributed by atoms with Gasteiger partial charge in [0.15, 0.2) is 6.10 Å². The van der Waals surface area contributed by atoms with Crippen molar-refractivity contribution in [3.8, 4) is 0 Å². The van der Waals surface area contributed by atoms with Crippen molar-refractivity contribution in [1.82, 2.24) is 0 Å². The van der Waals surface area contributed by atoms with Crippen LogP contribution in [-0.2, 0) is 28.6 Å². The minimum Gasteiger partial charge on any atom is -0.462 e. The van der Waals surface area contributed by atoms with Crippen molar-refractivity contribution in [2.45, 2.75) is 240 Å². The molecular weight excluding hydrogens is 624 g/mol. The van der Waals surface area contributed by atoms with Gasteiger partial charge in [0.05, 0.1) is 0 Å². The monoisotopic (exact) mass is 709 g/mol. The van der Waals surface area contributed by atoms with Crippen LogP contribution in [0.3, 0.4) is 0 Å². The molecule has 0 saturated carbocycles. The van der Waals surface area contributed by atoms with Gasteiger partial charge in [0, 0.05) is 19.3 Å². The SMILES string of the molecule is CCCCCCCCCCCCC(=O)OC[C@@H](COC(=O)CCCCCCCCCC(C)C)OC(=O)CCCCCCCCCCCC(C)C. The first-order chi connectivity index (χ1) is 24.2. The molecule has 0 aliphatic rings. The Balaban J connectivity index is 4.35. The van der Waals surface area contributed by atoms with Crippen LogP contribution in [-0.4, -0.2) is 37.2 Å². The van der Waals surface area contributed by atoms with E-state index in [2.05, 4.69) is 34.6 Å². The second-order valence-corrected chi connectivity index (χ2v) is 15.9. The molecule has 0 bridgehead atoms. The van der Waals surface area contributed by atoms with E-state index in [1.807, 2.05) is 0 Å². The zero-order chi connectivity index (χ0) is 36.9. The van der Waals surface area contributed by atoms with Gasteiger partial charge >= 0.3 is 17.9 Å². The van der Waals surface area contributed by atoms with E-state index in [-0.39, 0.29) is 31.1 Å². The normalized spacial score (nSPS) is 12.1. The molecule has 0 heterocycles. The Morgan fingerprint density at radius 1 is 0.380 bits per heavy atom. The fourth-order valence-corrected chi connectivity index (χ4v) is 6.40. The van der Waals surface area contributed by atoms with Gasteiger partial charge < -0.3 is 14.2 Å². The molecule has 0 amide bonds. The molecule has 296 valence electrons. The van der Waals surface area contributed by atoms with Crippen molar-refractivity contribution in [2.75, 3.05) is 13.2 Å². The van der Waals surface area contributed by atoms with E-state index in [1.165, 1.54) is 122 Å². The Morgan fingerprint density at radius 2 is 0.660 bits per heavy atom. The summed E-state index contributed by atoms with van der Waals surface area (Å²) in [6.45, 7) is 11.2. The predicted octanol–water partition coefficient (Wildman–Crippen LogP) is 13.4. The van der Waals surface area contributed by atoms with Crippen LogP contribution in [0.5, 0.6) is 0 Å². The second-order valence-electron chi connectivity index (χ2n) is 15.9. The van der Waals surface area contributed by atoms with Crippen molar-refractivity contribution < 1.29 is 28.6 Å². The first-order valence-electron chi connectivity index (χ1n) is 21.7. The molecule has 0 radical (unpaired) electrons. The quantitative estimate of drug-likeness (QED) is 0.0361. The van der Waals surface area contributed by atoms with E-state index in [0.29, 0.717) is 19.3 Å². The average molecular weight is 709 g/mol. The molecule has 0 saturated heterocycles. The standard InChI is InChI=1S/C44H84O6/c1-6-7-8-9-10-11-14-19-24-29-34-42(45)48-37-41(38-49-43(46)35-30-25-21-16-18-23-28-33-40(4)5)50-44(47)36-31-26-20-15-12-13-17-22-27-32-39(2)3/h39-41H,6-38H2,1-5H3/t41-/m0/s1. The first-order valence-corrected chi connectivity index (χ1v) is 21.7. The van der Waals surface area contributed by atoms with Crippen LogP contribution in [0.15, 0.2) is 0 Å². The predicted molar refractivity (Wildman–Crippen MR) is 210 cm³/mol. The van der Waals surface area contributed by atoms with Crippen LogP contribution in [0.4, 0.5) is 0 Å². The summed E-state index contributed by atoms with van der Waals surface area (Å²) in [5.74, 6) is 0.722. The molecule has 50 heavy (non-hydrogen) atoms. The molecule has 1 atom stereocenters. The Bertz CT molecular complexity index is 764. The number of hydrogen-bond acceptors (Lipinski definition) is 6. The molecule has 0 aromatic carbocycles. The van der Waals surface area contributed by atoms with Crippen molar-refractivity contribution in [3.05, 3.63) is 0 Å². The third kappa shape index (κ3) is 37.7. The average Bonchev–Trinajstić information content (AvgIpc) is 3.08. The number of rotatable bonds is 38. The number of carbonyl (C=O) groups is 3. The highest BCUT2D eigenvalue weighted by atomic mass is 16.6. The molecule has 0 aromatic rings. The van der Waals surface area contributed by atoms with Crippen molar-refractivity contribution in [2.24, 2.45) is 11.8 Å².